The van der Waals surface area contributed by atoms with Crippen molar-refractivity contribution in [1.29, 1.82) is 0 Å². The lowest BCUT2D eigenvalue weighted by Gasteiger charge is -2.32. The maximum atomic E-state index is 11.9. The average Bonchev–Trinajstić information content (AvgIpc) is 2.42. The second-order valence-corrected chi connectivity index (χ2v) is 5.44. The number of urea groups is 1. The third-order valence-corrected chi connectivity index (χ3v) is 3.83. The first-order valence-electron chi connectivity index (χ1n) is 7.26. The van der Waals surface area contributed by atoms with Crippen molar-refractivity contribution in [2.75, 3.05) is 32.8 Å². The van der Waals surface area contributed by atoms with Crippen LogP contribution in [0.1, 0.15) is 26.7 Å². The molecule has 1 fully saturated rings. The van der Waals surface area contributed by atoms with Gasteiger partial charge in [-0.15, -0.1) is 0 Å². The molecule has 0 saturated carbocycles. The Labute approximate surface area is 119 Å². The standard InChI is InChI=1S/C14H23N3O3/c1-3-20-13(18)11-8-15-14(19)16-12(11)9-17-6-4-10(2)5-7-17/h10H,3-9H2,1-2H3,(H2,15,16,19). The molecule has 2 N–H and O–H groups in total. The van der Waals surface area contributed by atoms with E-state index in [4.69, 9.17) is 4.74 Å². The van der Waals surface area contributed by atoms with E-state index in [1.807, 2.05) is 0 Å². The quantitative estimate of drug-likeness (QED) is 0.749. The predicted octanol–water partition coefficient (Wildman–Crippen LogP) is 0.848. The number of likely N-dealkylation sites (tertiary alicyclic amines) is 1. The lowest BCUT2D eigenvalue weighted by atomic mass is 9.99. The number of carbonyl (C=O) groups is 2. The molecule has 0 bridgehead atoms. The number of carbonyl (C=O) groups excluding carboxylic acids is 2. The van der Waals surface area contributed by atoms with Gasteiger partial charge in [0.2, 0.25) is 0 Å². The highest BCUT2D eigenvalue weighted by atomic mass is 16.5. The Kier molecular flexibility index (Phi) is 5.00. The van der Waals surface area contributed by atoms with Gasteiger partial charge >= 0.3 is 12.0 Å². The molecule has 2 amide bonds. The lowest BCUT2D eigenvalue weighted by molar-refractivity contribution is -0.138. The molecule has 0 aromatic carbocycles. The van der Waals surface area contributed by atoms with Crippen molar-refractivity contribution in [3.8, 4) is 0 Å². The number of esters is 1. The molecule has 0 spiro atoms. The van der Waals surface area contributed by atoms with Gasteiger partial charge in [0.25, 0.3) is 0 Å². The molecule has 112 valence electrons. The van der Waals surface area contributed by atoms with Crippen LogP contribution in [0.2, 0.25) is 0 Å². The fourth-order valence-corrected chi connectivity index (χ4v) is 2.52. The van der Waals surface area contributed by atoms with Crippen LogP contribution in [0.25, 0.3) is 0 Å². The molecule has 2 rings (SSSR count). The van der Waals surface area contributed by atoms with Crippen LogP contribution in [0.5, 0.6) is 0 Å². The number of rotatable bonds is 4. The molecule has 6 heteroatoms. The molecule has 20 heavy (non-hydrogen) atoms. The van der Waals surface area contributed by atoms with E-state index in [1.165, 1.54) is 0 Å². The van der Waals surface area contributed by atoms with E-state index in [9.17, 15) is 9.59 Å². The third-order valence-electron chi connectivity index (χ3n) is 3.83. The van der Waals surface area contributed by atoms with Crippen LogP contribution in [0.4, 0.5) is 4.79 Å². The topological polar surface area (TPSA) is 70.7 Å². The molecule has 0 atom stereocenters. The van der Waals surface area contributed by atoms with Crippen LogP contribution in [0.3, 0.4) is 0 Å². The van der Waals surface area contributed by atoms with E-state index in [-0.39, 0.29) is 18.5 Å². The normalized spacial score (nSPS) is 21.4. The molecule has 2 heterocycles. The summed E-state index contributed by atoms with van der Waals surface area (Å²) in [4.78, 5) is 25.7. The molecule has 0 aromatic rings. The second-order valence-electron chi connectivity index (χ2n) is 5.44. The number of amides is 2. The van der Waals surface area contributed by atoms with E-state index >= 15 is 0 Å². The number of ether oxygens (including phenoxy) is 1. The molecular formula is C14H23N3O3. The largest absolute Gasteiger partial charge is 0.463 e. The number of nitrogens with one attached hydrogen (secondary N) is 2. The molecular weight excluding hydrogens is 258 g/mol. The lowest BCUT2D eigenvalue weighted by Crippen LogP contribution is -2.47. The van der Waals surface area contributed by atoms with Crippen LogP contribution in [0.15, 0.2) is 11.3 Å². The van der Waals surface area contributed by atoms with Crippen LogP contribution in [-0.2, 0) is 9.53 Å². The summed E-state index contributed by atoms with van der Waals surface area (Å²) >= 11 is 0. The minimum Gasteiger partial charge on any atom is -0.463 e. The Bertz CT molecular complexity index is 412. The first-order valence-corrected chi connectivity index (χ1v) is 7.26. The summed E-state index contributed by atoms with van der Waals surface area (Å²) in [6, 6.07) is -0.251. The zero-order valence-corrected chi connectivity index (χ0v) is 12.2. The van der Waals surface area contributed by atoms with Gasteiger partial charge in [-0.2, -0.15) is 0 Å². The molecule has 0 unspecified atom stereocenters. The third kappa shape index (κ3) is 3.72. The van der Waals surface area contributed by atoms with Gasteiger partial charge in [0.15, 0.2) is 0 Å². The first kappa shape index (κ1) is 14.8. The number of hydrogen-bond donors (Lipinski definition) is 2. The van der Waals surface area contributed by atoms with E-state index in [0.717, 1.165) is 31.8 Å². The highest BCUT2D eigenvalue weighted by Crippen LogP contribution is 2.18. The van der Waals surface area contributed by atoms with E-state index < -0.39 is 0 Å². The monoisotopic (exact) mass is 281 g/mol. The summed E-state index contributed by atoms with van der Waals surface area (Å²) in [5.41, 5.74) is 1.21. The van der Waals surface area contributed by atoms with Crippen molar-refractivity contribution in [3.63, 3.8) is 0 Å². The number of piperidine rings is 1. The smallest absolute Gasteiger partial charge is 0.337 e. The molecule has 0 aliphatic carbocycles. The predicted molar refractivity (Wildman–Crippen MR) is 75.0 cm³/mol. The van der Waals surface area contributed by atoms with Crippen molar-refractivity contribution < 1.29 is 14.3 Å². The Balaban J connectivity index is 2.06. The minimum absolute atomic E-state index is 0.240. The summed E-state index contributed by atoms with van der Waals surface area (Å²) in [6.07, 6.45) is 2.32. The van der Waals surface area contributed by atoms with Gasteiger partial charge in [-0.05, 0) is 38.8 Å². The summed E-state index contributed by atoms with van der Waals surface area (Å²) in [5, 5.41) is 5.37. The van der Waals surface area contributed by atoms with Gasteiger partial charge in [0.1, 0.15) is 0 Å². The van der Waals surface area contributed by atoms with Crippen molar-refractivity contribution in [1.82, 2.24) is 15.5 Å². The van der Waals surface area contributed by atoms with Crippen molar-refractivity contribution in [2.24, 2.45) is 5.92 Å². The maximum absolute atomic E-state index is 11.9. The van der Waals surface area contributed by atoms with E-state index in [1.54, 1.807) is 6.92 Å². The van der Waals surface area contributed by atoms with E-state index in [0.29, 0.717) is 24.4 Å². The molecule has 1 saturated heterocycles. The van der Waals surface area contributed by atoms with Gasteiger partial charge in [-0.25, -0.2) is 9.59 Å². The highest BCUT2D eigenvalue weighted by Gasteiger charge is 2.26. The Morgan fingerprint density at radius 2 is 2.10 bits per heavy atom. The van der Waals surface area contributed by atoms with Gasteiger partial charge in [-0.1, -0.05) is 6.92 Å². The Morgan fingerprint density at radius 1 is 1.40 bits per heavy atom. The van der Waals surface area contributed by atoms with Crippen LogP contribution in [-0.4, -0.2) is 49.7 Å². The second kappa shape index (κ2) is 6.74. The molecule has 2 aliphatic heterocycles. The van der Waals surface area contributed by atoms with Crippen LogP contribution < -0.4 is 10.6 Å². The van der Waals surface area contributed by atoms with Gasteiger partial charge < -0.3 is 15.4 Å². The highest BCUT2D eigenvalue weighted by molar-refractivity contribution is 5.93. The van der Waals surface area contributed by atoms with Crippen molar-refractivity contribution in [3.05, 3.63) is 11.3 Å². The summed E-state index contributed by atoms with van der Waals surface area (Å²) in [5.74, 6) is 0.410. The van der Waals surface area contributed by atoms with E-state index in [2.05, 4.69) is 22.5 Å². The summed E-state index contributed by atoms with van der Waals surface area (Å²) in [7, 11) is 0. The zero-order valence-electron chi connectivity index (χ0n) is 12.2. The van der Waals surface area contributed by atoms with Crippen LogP contribution in [0, 0.1) is 5.92 Å². The molecule has 6 nitrogen and oxygen atoms in total. The first-order chi connectivity index (χ1) is 9.60. The van der Waals surface area contributed by atoms with Crippen molar-refractivity contribution in [2.45, 2.75) is 26.7 Å². The minimum atomic E-state index is -0.347. The maximum Gasteiger partial charge on any atom is 0.337 e. The summed E-state index contributed by atoms with van der Waals surface area (Å²) < 4.78 is 5.05. The fraction of sp³-hybridized carbons (Fsp3) is 0.714. The average molecular weight is 281 g/mol. The Hall–Kier alpha value is -1.56. The Morgan fingerprint density at radius 3 is 2.75 bits per heavy atom. The SMILES string of the molecule is CCOC(=O)C1=C(CN2CCC(C)CC2)NC(=O)NC1. The van der Waals surface area contributed by atoms with Gasteiger partial charge in [0, 0.05) is 12.2 Å². The molecule has 0 aromatic heterocycles. The fourth-order valence-electron chi connectivity index (χ4n) is 2.52. The molecule has 0 radical (unpaired) electrons. The molecule has 2 aliphatic rings. The number of nitrogens with zero attached hydrogens (tertiary/aromatic N) is 1. The number of hydrogen-bond acceptors (Lipinski definition) is 4. The summed E-state index contributed by atoms with van der Waals surface area (Å²) in [6.45, 7) is 7.23. The van der Waals surface area contributed by atoms with Crippen molar-refractivity contribution >= 4 is 12.0 Å². The van der Waals surface area contributed by atoms with Crippen LogP contribution >= 0.6 is 0 Å². The zero-order chi connectivity index (χ0) is 14.5. The van der Waals surface area contributed by atoms with Gasteiger partial charge in [-0.3, -0.25) is 4.90 Å². The van der Waals surface area contributed by atoms with Gasteiger partial charge in [0.05, 0.1) is 18.7 Å².